The van der Waals surface area contributed by atoms with E-state index >= 15 is 0 Å². The smallest absolute Gasteiger partial charge is 0.244 e. The first kappa shape index (κ1) is 10.5. The first-order chi connectivity index (χ1) is 7.81. The minimum Gasteiger partial charge on any atom is -0.337 e. The Kier molecular flexibility index (Phi) is 3.07. The molecular weight excluding hydrogens is 204 g/mol. The molecule has 16 heavy (non-hydrogen) atoms. The van der Waals surface area contributed by atoms with Gasteiger partial charge >= 0.3 is 0 Å². The molecule has 2 N–H and O–H groups in total. The molecule has 0 aliphatic carbocycles. The molecule has 82 valence electrons. The number of aromatic nitrogens is 3. The molecule has 2 heterocycles. The monoisotopic (exact) mass is 216 g/mol. The van der Waals surface area contributed by atoms with E-state index in [0.29, 0.717) is 18.1 Å². The van der Waals surface area contributed by atoms with Crippen molar-refractivity contribution in [1.82, 2.24) is 15.1 Å². The Morgan fingerprint density at radius 1 is 1.56 bits per heavy atom. The number of hydrogen-bond donors (Lipinski definition) is 1. The van der Waals surface area contributed by atoms with E-state index in [2.05, 4.69) is 21.7 Å². The minimum atomic E-state index is -0.296. The van der Waals surface area contributed by atoms with Gasteiger partial charge in [0.2, 0.25) is 11.7 Å². The van der Waals surface area contributed by atoms with Gasteiger partial charge in [0.1, 0.15) is 0 Å². The zero-order chi connectivity index (χ0) is 11.4. The van der Waals surface area contributed by atoms with E-state index < -0.39 is 0 Å². The third-order valence-electron chi connectivity index (χ3n) is 2.10. The summed E-state index contributed by atoms with van der Waals surface area (Å²) in [6.07, 6.45) is 5.69. The van der Waals surface area contributed by atoms with Crippen LogP contribution in [0.5, 0.6) is 0 Å². The summed E-state index contributed by atoms with van der Waals surface area (Å²) in [5.74, 6) is 0.918. The molecule has 0 radical (unpaired) electrons. The lowest BCUT2D eigenvalue weighted by Gasteiger charge is -1.99. The highest BCUT2D eigenvalue weighted by atomic mass is 16.5. The molecule has 1 unspecified atom stereocenters. The quantitative estimate of drug-likeness (QED) is 0.787. The molecule has 1 atom stereocenters. The van der Waals surface area contributed by atoms with Gasteiger partial charge in [-0.15, -0.1) is 6.58 Å². The Morgan fingerprint density at radius 3 is 3.12 bits per heavy atom. The van der Waals surface area contributed by atoms with Gasteiger partial charge in [-0.3, -0.25) is 4.98 Å². The number of hydrogen-bond acceptors (Lipinski definition) is 5. The highest BCUT2D eigenvalue weighted by molar-refractivity contribution is 5.51. The Hall–Kier alpha value is -2.01. The van der Waals surface area contributed by atoms with Crippen LogP contribution in [-0.4, -0.2) is 15.1 Å². The summed E-state index contributed by atoms with van der Waals surface area (Å²) < 4.78 is 5.07. The van der Waals surface area contributed by atoms with E-state index in [1.807, 2.05) is 12.1 Å². The largest absolute Gasteiger partial charge is 0.337 e. The summed E-state index contributed by atoms with van der Waals surface area (Å²) in [5, 5.41) is 3.85. The third kappa shape index (κ3) is 2.14. The second-order valence-electron chi connectivity index (χ2n) is 3.33. The van der Waals surface area contributed by atoms with Crippen LogP contribution >= 0.6 is 0 Å². The molecule has 0 amide bonds. The number of nitrogens with two attached hydrogens (primary N) is 1. The normalized spacial score (nSPS) is 12.3. The van der Waals surface area contributed by atoms with Crippen molar-refractivity contribution < 1.29 is 4.52 Å². The van der Waals surface area contributed by atoms with Crippen LogP contribution in [0.25, 0.3) is 11.4 Å². The average molecular weight is 216 g/mol. The fraction of sp³-hybridized carbons (Fsp3) is 0.182. The number of pyridine rings is 1. The van der Waals surface area contributed by atoms with Crippen LogP contribution in [0.3, 0.4) is 0 Å². The molecule has 2 aromatic rings. The van der Waals surface area contributed by atoms with Crippen LogP contribution in [0, 0.1) is 0 Å². The van der Waals surface area contributed by atoms with E-state index in [9.17, 15) is 0 Å². The Bertz CT molecular complexity index is 466. The Labute approximate surface area is 93.0 Å². The van der Waals surface area contributed by atoms with Crippen molar-refractivity contribution in [3.8, 4) is 11.4 Å². The standard InChI is InChI=1S/C11H12N4O/c1-2-4-9(12)11-14-10(15-16-11)8-5-3-6-13-7-8/h2-3,5-7,9H,1,4,12H2. The van der Waals surface area contributed by atoms with Gasteiger partial charge in [-0.2, -0.15) is 4.98 Å². The lowest BCUT2D eigenvalue weighted by atomic mass is 10.2. The van der Waals surface area contributed by atoms with E-state index in [-0.39, 0.29) is 6.04 Å². The third-order valence-corrected chi connectivity index (χ3v) is 2.10. The molecule has 2 aromatic heterocycles. The van der Waals surface area contributed by atoms with Crippen molar-refractivity contribution in [2.75, 3.05) is 0 Å². The van der Waals surface area contributed by atoms with Gasteiger partial charge in [-0.05, 0) is 18.6 Å². The first-order valence-corrected chi connectivity index (χ1v) is 4.91. The van der Waals surface area contributed by atoms with Crippen LogP contribution in [0.1, 0.15) is 18.4 Å². The summed E-state index contributed by atoms with van der Waals surface area (Å²) in [5.41, 5.74) is 6.62. The highest BCUT2D eigenvalue weighted by Crippen LogP contribution is 2.18. The van der Waals surface area contributed by atoms with Crippen molar-refractivity contribution in [3.63, 3.8) is 0 Å². The van der Waals surface area contributed by atoms with Gasteiger partial charge in [-0.25, -0.2) is 0 Å². The van der Waals surface area contributed by atoms with Crippen LogP contribution < -0.4 is 5.73 Å². The average Bonchev–Trinajstić information content (AvgIpc) is 2.80. The summed E-state index contributed by atoms with van der Waals surface area (Å²) in [7, 11) is 0. The zero-order valence-electron chi connectivity index (χ0n) is 8.71. The zero-order valence-corrected chi connectivity index (χ0v) is 8.71. The van der Waals surface area contributed by atoms with Crippen LogP contribution in [0.2, 0.25) is 0 Å². The van der Waals surface area contributed by atoms with Crippen molar-refractivity contribution in [2.45, 2.75) is 12.5 Å². The number of nitrogens with zero attached hydrogens (tertiary/aromatic N) is 3. The molecule has 0 saturated carbocycles. The summed E-state index contributed by atoms with van der Waals surface area (Å²) >= 11 is 0. The topological polar surface area (TPSA) is 77.8 Å². The maximum atomic E-state index is 5.81. The van der Waals surface area contributed by atoms with Crippen LogP contribution in [-0.2, 0) is 0 Å². The molecule has 0 aromatic carbocycles. The van der Waals surface area contributed by atoms with Crippen molar-refractivity contribution in [2.24, 2.45) is 5.73 Å². The van der Waals surface area contributed by atoms with Crippen molar-refractivity contribution >= 4 is 0 Å². The van der Waals surface area contributed by atoms with E-state index in [1.165, 1.54) is 0 Å². The van der Waals surface area contributed by atoms with Crippen LogP contribution in [0.4, 0.5) is 0 Å². The summed E-state index contributed by atoms with van der Waals surface area (Å²) in [4.78, 5) is 8.19. The Balaban J connectivity index is 2.23. The SMILES string of the molecule is C=CCC(N)c1nc(-c2cccnc2)no1. The fourth-order valence-corrected chi connectivity index (χ4v) is 1.28. The van der Waals surface area contributed by atoms with E-state index in [1.54, 1.807) is 18.5 Å². The molecule has 0 fully saturated rings. The molecule has 0 bridgehead atoms. The molecule has 0 aliphatic heterocycles. The van der Waals surface area contributed by atoms with Crippen LogP contribution in [0.15, 0.2) is 41.7 Å². The predicted molar refractivity (Wildman–Crippen MR) is 59.3 cm³/mol. The van der Waals surface area contributed by atoms with Crippen molar-refractivity contribution in [3.05, 3.63) is 43.1 Å². The second-order valence-corrected chi connectivity index (χ2v) is 3.33. The lowest BCUT2D eigenvalue weighted by Crippen LogP contribution is -2.09. The van der Waals surface area contributed by atoms with E-state index in [0.717, 1.165) is 5.56 Å². The molecule has 2 rings (SSSR count). The predicted octanol–water partition coefficient (Wildman–Crippen LogP) is 1.71. The molecule has 0 spiro atoms. The maximum Gasteiger partial charge on any atom is 0.244 e. The molecule has 0 saturated heterocycles. The highest BCUT2D eigenvalue weighted by Gasteiger charge is 2.14. The molecular formula is C11H12N4O. The Morgan fingerprint density at radius 2 is 2.44 bits per heavy atom. The van der Waals surface area contributed by atoms with Gasteiger partial charge in [0.05, 0.1) is 6.04 Å². The fourth-order valence-electron chi connectivity index (χ4n) is 1.28. The van der Waals surface area contributed by atoms with Gasteiger partial charge in [0.15, 0.2) is 0 Å². The van der Waals surface area contributed by atoms with Gasteiger partial charge in [0.25, 0.3) is 0 Å². The lowest BCUT2D eigenvalue weighted by molar-refractivity contribution is 0.356. The van der Waals surface area contributed by atoms with Crippen molar-refractivity contribution in [1.29, 1.82) is 0 Å². The van der Waals surface area contributed by atoms with Gasteiger partial charge in [0, 0.05) is 18.0 Å². The minimum absolute atomic E-state index is 0.296. The van der Waals surface area contributed by atoms with Gasteiger partial charge < -0.3 is 10.3 Å². The summed E-state index contributed by atoms with van der Waals surface area (Å²) in [6, 6.07) is 3.38. The summed E-state index contributed by atoms with van der Waals surface area (Å²) in [6.45, 7) is 3.61. The first-order valence-electron chi connectivity index (χ1n) is 4.91. The second kappa shape index (κ2) is 4.67. The number of rotatable bonds is 4. The van der Waals surface area contributed by atoms with Gasteiger partial charge in [-0.1, -0.05) is 11.2 Å². The molecule has 5 nitrogen and oxygen atoms in total. The van der Waals surface area contributed by atoms with E-state index in [4.69, 9.17) is 10.3 Å². The molecule has 5 heteroatoms. The molecule has 0 aliphatic rings. The maximum absolute atomic E-state index is 5.81.